The molecular formula is C27H25ClFN5O4S. The monoisotopic (exact) mass is 569 g/mol. The number of halogens is 2. The molecule has 4 atom stereocenters. The first-order valence-electron chi connectivity index (χ1n) is 12.5. The number of methoxy groups -OCH3 is 1. The van der Waals surface area contributed by atoms with Gasteiger partial charge in [0.15, 0.2) is 23.1 Å². The van der Waals surface area contributed by atoms with Crippen LogP contribution in [-0.2, 0) is 19.6 Å². The van der Waals surface area contributed by atoms with Gasteiger partial charge >= 0.3 is 5.97 Å². The van der Waals surface area contributed by atoms with Crippen molar-refractivity contribution in [2.45, 2.75) is 37.1 Å². The minimum atomic E-state index is -4.03. The lowest BCUT2D eigenvalue weighted by Crippen LogP contribution is -2.40. The van der Waals surface area contributed by atoms with Crippen LogP contribution in [0.15, 0.2) is 53.8 Å². The minimum absolute atomic E-state index is 0.0660. The number of fused-ring (bicyclic) bond motifs is 3. The fraction of sp³-hybridized carbons (Fsp3) is 0.333. The van der Waals surface area contributed by atoms with Crippen LogP contribution >= 0.6 is 11.6 Å². The molecule has 3 heterocycles. The predicted molar refractivity (Wildman–Crippen MR) is 143 cm³/mol. The smallest absolute Gasteiger partial charge is 0.311 e. The van der Waals surface area contributed by atoms with E-state index < -0.39 is 21.8 Å². The summed E-state index contributed by atoms with van der Waals surface area (Å²) < 4.78 is 48.2. The van der Waals surface area contributed by atoms with E-state index in [1.165, 1.54) is 31.6 Å². The van der Waals surface area contributed by atoms with Crippen molar-refractivity contribution >= 4 is 44.4 Å². The van der Waals surface area contributed by atoms with E-state index in [4.69, 9.17) is 16.3 Å². The van der Waals surface area contributed by atoms with Gasteiger partial charge in [0.1, 0.15) is 0 Å². The second-order valence-electron chi connectivity index (χ2n) is 10.1. The molecule has 4 aromatic rings. The molecule has 3 unspecified atom stereocenters. The van der Waals surface area contributed by atoms with E-state index in [9.17, 15) is 17.6 Å². The standard InChI is InChI=1S/C27H25ClFN5O4S/c1-14-3-7-18(8-4-14)39(36,37)34-13-20(19-10-17(28)11-31-26(19)34)24-30-12-21(29)25(33-24)32-23-16-6-5-15(9-16)22(23)27(35)38-2/h3-4,7-8,10-13,15-16,22-23H,5-6,9H2,1-2H3,(H,30,32,33)/t15?,16?,22?,23-/m0/s1. The fourth-order valence-corrected chi connectivity index (χ4v) is 7.45. The number of aromatic nitrogens is 4. The van der Waals surface area contributed by atoms with Crippen molar-refractivity contribution in [3.8, 4) is 11.4 Å². The molecule has 39 heavy (non-hydrogen) atoms. The van der Waals surface area contributed by atoms with E-state index in [2.05, 4.69) is 20.3 Å². The third-order valence-electron chi connectivity index (χ3n) is 7.83. The molecule has 2 aliphatic rings. The maximum absolute atomic E-state index is 15.0. The molecule has 0 amide bonds. The highest BCUT2D eigenvalue weighted by atomic mass is 35.5. The Hall–Kier alpha value is -3.57. The molecule has 0 spiro atoms. The molecular weight excluding hydrogens is 545 g/mol. The molecule has 12 heteroatoms. The van der Waals surface area contributed by atoms with Gasteiger partial charge in [0.05, 0.1) is 29.1 Å². The number of aryl methyl sites for hydroxylation is 1. The van der Waals surface area contributed by atoms with Crippen molar-refractivity contribution in [1.82, 2.24) is 18.9 Å². The van der Waals surface area contributed by atoms with Crippen molar-refractivity contribution in [3.63, 3.8) is 0 Å². The summed E-state index contributed by atoms with van der Waals surface area (Å²) in [7, 11) is -2.67. The van der Waals surface area contributed by atoms with E-state index in [0.29, 0.717) is 10.9 Å². The van der Waals surface area contributed by atoms with Gasteiger partial charge in [0, 0.05) is 29.4 Å². The third kappa shape index (κ3) is 4.33. The highest BCUT2D eigenvalue weighted by molar-refractivity contribution is 7.90. The molecule has 1 N–H and O–H groups in total. The third-order valence-corrected chi connectivity index (χ3v) is 9.71. The molecule has 3 aromatic heterocycles. The Morgan fingerprint density at radius 1 is 1.15 bits per heavy atom. The number of hydrogen-bond donors (Lipinski definition) is 1. The van der Waals surface area contributed by atoms with Crippen LogP contribution in [0.5, 0.6) is 0 Å². The summed E-state index contributed by atoms with van der Waals surface area (Å²) >= 11 is 6.22. The molecule has 0 radical (unpaired) electrons. The zero-order valence-corrected chi connectivity index (χ0v) is 22.7. The summed E-state index contributed by atoms with van der Waals surface area (Å²) in [6.45, 7) is 1.87. The second kappa shape index (κ2) is 9.56. The summed E-state index contributed by atoms with van der Waals surface area (Å²) in [5.74, 6) is -0.996. The van der Waals surface area contributed by atoms with Gasteiger partial charge in [-0.15, -0.1) is 0 Å². The van der Waals surface area contributed by atoms with Crippen LogP contribution < -0.4 is 5.32 Å². The molecule has 2 fully saturated rings. The van der Waals surface area contributed by atoms with Crippen molar-refractivity contribution in [3.05, 3.63) is 65.3 Å². The Labute approximate surface area is 229 Å². The maximum Gasteiger partial charge on any atom is 0.311 e. The van der Waals surface area contributed by atoms with E-state index in [1.54, 1.807) is 18.2 Å². The zero-order valence-electron chi connectivity index (χ0n) is 21.1. The van der Waals surface area contributed by atoms with Crippen LogP contribution in [0.2, 0.25) is 5.02 Å². The molecule has 6 rings (SSSR count). The first-order chi connectivity index (χ1) is 18.7. The zero-order chi connectivity index (χ0) is 27.5. The SMILES string of the molecule is COC(=O)C1C2CCC(C2)[C@@H]1Nc1nc(-c2cn(S(=O)(=O)c3ccc(C)cc3)c3ncc(Cl)cc23)ncc1F. The van der Waals surface area contributed by atoms with Gasteiger partial charge in [-0.25, -0.2) is 31.7 Å². The number of nitrogens with zero attached hydrogens (tertiary/aromatic N) is 4. The Bertz CT molecular complexity index is 1710. The largest absolute Gasteiger partial charge is 0.469 e. The van der Waals surface area contributed by atoms with E-state index in [0.717, 1.165) is 35.0 Å². The number of nitrogens with one attached hydrogen (secondary N) is 1. The molecule has 0 aliphatic heterocycles. The normalized spacial score (nSPS) is 22.4. The highest BCUT2D eigenvalue weighted by Gasteiger charge is 2.51. The van der Waals surface area contributed by atoms with Crippen LogP contribution in [0.3, 0.4) is 0 Å². The lowest BCUT2D eigenvalue weighted by Gasteiger charge is -2.30. The van der Waals surface area contributed by atoms with Gasteiger partial charge in [0.2, 0.25) is 0 Å². The van der Waals surface area contributed by atoms with Gasteiger partial charge in [-0.05, 0) is 56.2 Å². The Balaban J connectivity index is 1.43. The number of esters is 1. The molecule has 202 valence electrons. The molecule has 9 nitrogen and oxygen atoms in total. The van der Waals surface area contributed by atoms with Crippen molar-refractivity contribution in [1.29, 1.82) is 0 Å². The summed E-state index contributed by atoms with van der Waals surface area (Å²) in [5, 5.41) is 3.83. The number of hydrogen-bond acceptors (Lipinski definition) is 8. The van der Waals surface area contributed by atoms with Gasteiger partial charge in [-0.3, -0.25) is 4.79 Å². The Kier molecular flexibility index (Phi) is 6.30. The predicted octanol–water partition coefficient (Wildman–Crippen LogP) is 4.83. The molecule has 1 aromatic carbocycles. The number of benzene rings is 1. The summed E-state index contributed by atoms with van der Waals surface area (Å²) in [6, 6.07) is 7.71. The number of ether oxygens (including phenoxy) is 1. The highest BCUT2D eigenvalue weighted by Crippen LogP contribution is 2.50. The fourth-order valence-electron chi connectivity index (χ4n) is 5.97. The summed E-state index contributed by atoms with van der Waals surface area (Å²) in [4.78, 5) is 25.5. The number of carbonyl (C=O) groups excluding carboxylic acids is 1. The van der Waals surface area contributed by atoms with Crippen LogP contribution in [0.1, 0.15) is 24.8 Å². The van der Waals surface area contributed by atoms with Crippen LogP contribution in [-0.4, -0.2) is 46.5 Å². The Morgan fingerprint density at radius 2 is 1.90 bits per heavy atom. The number of rotatable bonds is 6. The average molecular weight is 570 g/mol. The first-order valence-corrected chi connectivity index (χ1v) is 14.4. The van der Waals surface area contributed by atoms with E-state index in [1.807, 2.05) is 6.92 Å². The van der Waals surface area contributed by atoms with E-state index >= 15 is 0 Å². The van der Waals surface area contributed by atoms with Crippen molar-refractivity contribution < 1.29 is 22.3 Å². The quantitative estimate of drug-likeness (QED) is 0.328. The lowest BCUT2D eigenvalue weighted by molar-refractivity contribution is -0.147. The van der Waals surface area contributed by atoms with Gasteiger partial charge in [0.25, 0.3) is 10.0 Å². The first kappa shape index (κ1) is 25.7. The summed E-state index contributed by atoms with van der Waals surface area (Å²) in [5.41, 5.74) is 1.37. The van der Waals surface area contributed by atoms with Crippen LogP contribution in [0, 0.1) is 30.5 Å². The van der Waals surface area contributed by atoms with Gasteiger partial charge in [-0.2, -0.15) is 0 Å². The summed E-state index contributed by atoms with van der Waals surface area (Å²) in [6.07, 6.45) is 6.49. The molecule has 2 bridgehead atoms. The average Bonchev–Trinajstić information content (AvgIpc) is 3.63. The second-order valence-corrected chi connectivity index (χ2v) is 12.4. The number of carbonyl (C=O) groups is 1. The van der Waals surface area contributed by atoms with Crippen LogP contribution in [0.25, 0.3) is 22.4 Å². The minimum Gasteiger partial charge on any atom is -0.469 e. The molecule has 0 saturated heterocycles. The maximum atomic E-state index is 15.0. The van der Waals surface area contributed by atoms with Gasteiger partial charge in [-0.1, -0.05) is 29.3 Å². The van der Waals surface area contributed by atoms with Gasteiger partial charge < -0.3 is 10.1 Å². The van der Waals surface area contributed by atoms with Crippen molar-refractivity contribution in [2.75, 3.05) is 12.4 Å². The lowest BCUT2D eigenvalue weighted by atomic mass is 9.84. The molecule has 2 aliphatic carbocycles. The van der Waals surface area contributed by atoms with Crippen LogP contribution in [0.4, 0.5) is 10.2 Å². The van der Waals surface area contributed by atoms with E-state index in [-0.39, 0.29) is 51.1 Å². The molecule has 2 saturated carbocycles. The number of anilines is 1. The Morgan fingerprint density at radius 3 is 2.64 bits per heavy atom. The van der Waals surface area contributed by atoms with Crippen molar-refractivity contribution in [2.24, 2.45) is 17.8 Å². The topological polar surface area (TPSA) is 116 Å². The number of pyridine rings is 1.